The monoisotopic (exact) mass is 308 g/mol. The molecule has 1 aliphatic rings. The Morgan fingerprint density at radius 1 is 1.41 bits per heavy atom. The summed E-state index contributed by atoms with van der Waals surface area (Å²) < 4.78 is 10.4. The Balaban J connectivity index is 2.17. The molecule has 0 radical (unpaired) electrons. The van der Waals surface area contributed by atoms with Crippen LogP contribution in [0.4, 0.5) is 10.5 Å². The van der Waals surface area contributed by atoms with Crippen molar-refractivity contribution in [1.82, 2.24) is 5.32 Å². The third kappa shape index (κ3) is 4.27. The van der Waals surface area contributed by atoms with Crippen molar-refractivity contribution >= 4 is 11.8 Å². The van der Waals surface area contributed by atoms with Crippen LogP contribution in [0, 0.1) is 5.92 Å². The van der Waals surface area contributed by atoms with Crippen molar-refractivity contribution in [3.05, 3.63) is 17.7 Å². The zero-order valence-electron chi connectivity index (χ0n) is 13.5. The lowest BCUT2D eigenvalue weighted by Crippen LogP contribution is -2.43. The van der Waals surface area contributed by atoms with E-state index in [1.54, 1.807) is 32.9 Å². The number of nitrogens with one attached hydrogen (secondary N) is 2. The van der Waals surface area contributed by atoms with E-state index < -0.39 is 11.7 Å². The van der Waals surface area contributed by atoms with E-state index in [-0.39, 0.29) is 5.75 Å². The Kier molecular flexibility index (Phi) is 4.81. The van der Waals surface area contributed by atoms with E-state index >= 15 is 0 Å². The molecule has 6 heteroatoms. The van der Waals surface area contributed by atoms with E-state index in [2.05, 4.69) is 10.6 Å². The number of ether oxygens (including phenoxy) is 2. The molecular formula is C16H24N2O4. The largest absolute Gasteiger partial charge is 0.503 e. The van der Waals surface area contributed by atoms with E-state index in [1.807, 2.05) is 0 Å². The van der Waals surface area contributed by atoms with Gasteiger partial charge in [-0.2, -0.15) is 0 Å². The molecule has 0 aliphatic carbocycles. The van der Waals surface area contributed by atoms with Crippen molar-refractivity contribution in [2.75, 3.05) is 25.5 Å². The number of carbonyl (C=O) groups excluding carboxylic acids is 1. The van der Waals surface area contributed by atoms with Crippen LogP contribution in [0.25, 0.3) is 0 Å². The molecule has 1 amide bonds. The second-order valence-electron chi connectivity index (χ2n) is 6.55. The summed E-state index contributed by atoms with van der Waals surface area (Å²) >= 11 is 0. The summed E-state index contributed by atoms with van der Waals surface area (Å²) in [5.41, 5.74) is 0.710. The van der Waals surface area contributed by atoms with Crippen molar-refractivity contribution < 1.29 is 19.4 Å². The smallest absolute Gasteiger partial charge is 0.412 e. The van der Waals surface area contributed by atoms with Gasteiger partial charge in [0, 0.05) is 0 Å². The molecule has 6 nitrogen and oxygen atoms in total. The van der Waals surface area contributed by atoms with Crippen LogP contribution in [0.1, 0.15) is 26.3 Å². The minimum atomic E-state index is -0.604. The Labute approximate surface area is 130 Å². The minimum absolute atomic E-state index is 0.0937. The average Bonchev–Trinajstić information content (AvgIpc) is 2.34. The van der Waals surface area contributed by atoms with Crippen LogP contribution < -0.4 is 15.4 Å². The molecule has 1 aliphatic heterocycles. The molecular weight excluding hydrogens is 284 g/mol. The number of phenols is 1. The maximum absolute atomic E-state index is 11.9. The van der Waals surface area contributed by atoms with Gasteiger partial charge in [0.2, 0.25) is 0 Å². The topological polar surface area (TPSA) is 79.8 Å². The second kappa shape index (κ2) is 6.44. The molecule has 1 aromatic carbocycles. The van der Waals surface area contributed by atoms with Crippen molar-refractivity contribution in [3.63, 3.8) is 0 Å². The van der Waals surface area contributed by atoms with Crippen LogP contribution in [0.15, 0.2) is 12.1 Å². The highest BCUT2D eigenvalue weighted by Gasteiger charge is 2.21. The molecule has 3 N–H and O–H groups in total. The first-order valence-corrected chi connectivity index (χ1v) is 7.39. The lowest BCUT2D eigenvalue weighted by Gasteiger charge is -2.27. The zero-order chi connectivity index (χ0) is 16.3. The van der Waals surface area contributed by atoms with Gasteiger partial charge in [-0.25, -0.2) is 4.79 Å². The molecule has 122 valence electrons. The molecule has 1 aromatic rings. The molecule has 0 unspecified atom stereocenters. The van der Waals surface area contributed by atoms with Crippen molar-refractivity contribution in [2.45, 2.75) is 32.8 Å². The number of rotatable bonds is 4. The molecule has 1 heterocycles. The number of anilines is 1. The van der Waals surface area contributed by atoms with Gasteiger partial charge in [-0.1, -0.05) is 0 Å². The van der Waals surface area contributed by atoms with E-state index in [0.29, 0.717) is 17.4 Å². The third-order valence-electron chi connectivity index (χ3n) is 3.38. The van der Waals surface area contributed by atoms with Gasteiger partial charge >= 0.3 is 6.09 Å². The number of benzene rings is 1. The van der Waals surface area contributed by atoms with E-state index in [1.165, 1.54) is 7.11 Å². The number of phenolic OH excluding ortho intramolecular Hbond substituents is 1. The van der Waals surface area contributed by atoms with Gasteiger partial charge in [-0.05, 0) is 63.9 Å². The summed E-state index contributed by atoms with van der Waals surface area (Å²) in [5.74, 6) is 0.823. The van der Waals surface area contributed by atoms with Gasteiger partial charge in [0.05, 0.1) is 12.8 Å². The Morgan fingerprint density at radius 3 is 2.59 bits per heavy atom. The molecule has 0 aromatic heterocycles. The SMILES string of the molecule is COc1cc(CC2CNC2)cc(NC(=O)OC(C)(C)C)c1O. The van der Waals surface area contributed by atoms with Crippen LogP contribution in [-0.4, -0.2) is 37.0 Å². The fourth-order valence-corrected chi connectivity index (χ4v) is 2.27. The van der Waals surface area contributed by atoms with E-state index in [9.17, 15) is 9.90 Å². The average molecular weight is 308 g/mol. The summed E-state index contributed by atoms with van der Waals surface area (Å²) in [4.78, 5) is 11.9. The minimum Gasteiger partial charge on any atom is -0.503 e. The summed E-state index contributed by atoms with van der Waals surface area (Å²) in [7, 11) is 1.49. The maximum Gasteiger partial charge on any atom is 0.412 e. The summed E-state index contributed by atoms with van der Waals surface area (Å²) in [6.45, 7) is 7.32. The van der Waals surface area contributed by atoms with Crippen molar-refractivity contribution in [2.24, 2.45) is 5.92 Å². The van der Waals surface area contributed by atoms with E-state index in [4.69, 9.17) is 9.47 Å². The lowest BCUT2D eigenvalue weighted by molar-refractivity contribution is 0.0635. The second-order valence-corrected chi connectivity index (χ2v) is 6.55. The summed E-state index contributed by atoms with van der Waals surface area (Å²) in [5, 5.41) is 16.0. The van der Waals surface area contributed by atoms with Gasteiger partial charge in [0.25, 0.3) is 0 Å². The van der Waals surface area contributed by atoms with Crippen molar-refractivity contribution in [1.29, 1.82) is 0 Å². The highest BCUT2D eigenvalue weighted by atomic mass is 16.6. The third-order valence-corrected chi connectivity index (χ3v) is 3.38. The maximum atomic E-state index is 11.9. The first kappa shape index (κ1) is 16.4. The van der Waals surface area contributed by atoms with Gasteiger partial charge in [0.1, 0.15) is 5.60 Å². The fourth-order valence-electron chi connectivity index (χ4n) is 2.27. The van der Waals surface area contributed by atoms with Gasteiger partial charge in [0.15, 0.2) is 11.5 Å². The number of amides is 1. The molecule has 0 saturated carbocycles. The highest BCUT2D eigenvalue weighted by molar-refractivity contribution is 5.88. The molecule has 0 atom stereocenters. The van der Waals surface area contributed by atoms with Gasteiger partial charge in [-0.15, -0.1) is 0 Å². The van der Waals surface area contributed by atoms with Crippen LogP contribution in [0.2, 0.25) is 0 Å². The first-order valence-electron chi connectivity index (χ1n) is 7.39. The number of aromatic hydroxyl groups is 1. The predicted octanol–water partition coefficient (Wildman–Crippen LogP) is 2.51. The van der Waals surface area contributed by atoms with E-state index in [0.717, 1.165) is 25.1 Å². The van der Waals surface area contributed by atoms with Crippen molar-refractivity contribution in [3.8, 4) is 11.5 Å². The molecule has 0 spiro atoms. The van der Waals surface area contributed by atoms with Crippen LogP contribution in [0.5, 0.6) is 11.5 Å². The number of methoxy groups -OCH3 is 1. The normalized spacial score (nSPS) is 15.1. The summed E-state index contributed by atoms with van der Waals surface area (Å²) in [6, 6.07) is 3.56. The van der Waals surface area contributed by atoms with Gasteiger partial charge < -0.3 is 19.9 Å². The Morgan fingerprint density at radius 2 is 2.09 bits per heavy atom. The number of hydrogen-bond acceptors (Lipinski definition) is 5. The first-order chi connectivity index (χ1) is 10.3. The Bertz CT molecular complexity index is 548. The molecule has 2 rings (SSSR count). The predicted molar refractivity (Wildman–Crippen MR) is 84.6 cm³/mol. The zero-order valence-corrected chi connectivity index (χ0v) is 13.5. The number of carbonyl (C=O) groups is 1. The van der Waals surface area contributed by atoms with Gasteiger partial charge in [-0.3, -0.25) is 5.32 Å². The number of hydrogen-bond donors (Lipinski definition) is 3. The fraction of sp³-hybridized carbons (Fsp3) is 0.562. The standard InChI is InChI=1S/C16H24N2O4/c1-16(2,3)22-15(20)18-12-6-10(5-11-8-17-9-11)7-13(21-4)14(12)19/h6-7,11,17,19H,5,8-9H2,1-4H3,(H,18,20). The van der Waals surface area contributed by atoms with Crippen LogP contribution in [0.3, 0.4) is 0 Å². The summed E-state index contributed by atoms with van der Waals surface area (Å²) in [6.07, 6.45) is 0.263. The molecule has 1 saturated heterocycles. The molecule has 0 bridgehead atoms. The van der Waals surface area contributed by atoms with Crippen LogP contribution in [-0.2, 0) is 11.2 Å². The Hall–Kier alpha value is -1.95. The molecule has 22 heavy (non-hydrogen) atoms. The quantitative estimate of drug-likeness (QED) is 0.745. The highest BCUT2D eigenvalue weighted by Crippen LogP contribution is 2.36. The lowest BCUT2D eigenvalue weighted by atomic mass is 9.94. The van der Waals surface area contributed by atoms with Crippen LogP contribution >= 0.6 is 0 Å². The molecule has 1 fully saturated rings.